The van der Waals surface area contributed by atoms with Crippen LogP contribution in [0.1, 0.15) is 29.5 Å². The van der Waals surface area contributed by atoms with Gasteiger partial charge in [-0.2, -0.15) is 0 Å². The fourth-order valence-corrected chi connectivity index (χ4v) is 4.60. The summed E-state index contributed by atoms with van der Waals surface area (Å²) >= 11 is 0. The maximum Gasteiger partial charge on any atom is 0.282 e. The molecule has 0 aromatic heterocycles. The van der Waals surface area contributed by atoms with Crippen molar-refractivity contribution in [3.8, 4) is 0 Å². The lowest BCUT2D eigenvalue weighted by Crippen LogP contribution is -2.43. The highest BCUT2D eigenvalue weighted by Gasteiger charge is 2.43. The number of imide groups is 1. The molecule has 2 heterocycles. The monoisotopic (exact) mass is 421 g/mol. The summed E-state index contributed by atoms with van der Waals surface area (Å²) in [5.41, 5.74) is 3.82. The second kappa shape index (κ2) is 8.27. The first-order valence-corrected chi connectivity index (χ1v) is 10.7. The summed E-state index contributed by atoms with van der Waals surface area (Å²) in [4.78, 5) is 32.6. The van der Waals surface area contributed by atoms with Gasteiger partial charge in [-0.1, -0.05) is 29.8 Å². The Kier molecular flexibility index (Phi) is 5.67. The second-order valence-electron chi connectivity index (χ2n) is 8.61. The minimum Gasteiger partial charge on any atom is -0.366 e. The minimum atomic E-state index is -0.483. The fraction of sp³-hybridized carbons (Fsp3) is 0.360. The Balaban J connectivity index is 1.83. The van der Waals surface area contributed by atoms with E-state index in [4.69, 9.17) is 0 Å². The molecular formula is C25H28FN3O2. The Morgan fingerprint density at radius 1 is 1.00 bits per heavy atom. The van der Waals surface area contributed by atoms with Gasteiger partial charge in [0.05, 0.1) is 11.3 Å². The maximum absolute atomic E-state index is 13.9. The summed E-state index contributed by atoms with van der Waals surface area (Å²) < 4.78 is 13.9. The number of anilines is 1. The van der Waals surface area contributed by atoms with Gasteiger partial charge in [0.1, 0.15) is 11.5 Å². The van der Waals surface area contributed by atoms with Crippen molar-refractivity contribution in [3.63, 3.8) is 0 Å². The second-order valence-corrected chi connectivity index (χ2v) is 8.61. The maximum atomic E-state index is 13.9. The zero-order valence-electron chi connectivity index (χ0n) is 18.5. The molecule has 2 aliphatic rings. The third kappa shape index (κ3) is 3.88. The van der Waals surface area contributed by atoms with Gasteiger partial charge in [0.25, 0.3) is 11.8 Å². The first-order chi connectivity index (χ1) is 14.8. The average Bonchev–Trinajstić information content (AvgIpc) is 2.98. The van der Waals surface area contributed by atoms with E-state index in [2.05, 4.69) is 11.9 Å². The average molecular weight is 422 g/mol. The molecule has 0 saturated carbocycles. The molecule has 6 heteroatoms. The Hall–Kier alpha value is -2.99. The van der Waals surface area contributed by atoms with E-state index < -0.39 is 17.6 Å². The van der Waals surface area contributed by atoms with Crippen LogP contribution in [-0.4, -0.2) is 54.8 Å². The van der Waals surface area contributed by atoms with Crippen LogP contribution in [-0.2, 0) is 9.59 Å². The zero-order chi connectivity index (χ0) is 22.3. The summed E-state index contributed by atoms with van der Waals surface area (Å²) in [6.07, 6.45) is 1.83. The van der Waals surface area contributed by atoms with Crippen molar-refractivity contribution in [2.75, 3.05) is 32.1 Å². The molecule has 0 radical (unpaired) electrons. The van der Waals surface area contributed by atoms with E-state index in [9.17, 15) is 14.0 Å². The van der Waals surface area contributed by atoms with Crippen molar-refractivity contribution >= 4 is 23.1 Å². The van der Waals surface area contributed by atoms with Crippen LogP contribution in [0.2, 0.25) is 0 Å². The molecule has 0 unspecified atom stereocenters. The number of likely N-dealkylation sites (tertiary alicyclic amines) is 1. The number of hydrogen-bond donors (Lipinski definition) is 0. The molecule has 2 aliphatic heterocycles. The van der Waals surface area contributed by atoms with Gasteiger partial charge >= 0.3 is 0 Å². The van der Waals surface area contributed by atoms with E-state index in [0.29, 0.717) is 11.3 Å². The lowest BCUT2D eigenvalue weighted by molar-refractivity contribution is -0.120. The molecule has 31 heavy (non-hydrogen) atoms. The smallest absolute Gasteiger partial charge is 0.282 e. The number of piperidine rings is 1. The molecule has 5 nitrogen and oxygen atoms in total. The van der Waals surface area contributed by atoms with Gasteiger partial charge in [-0.3, -0.25) is 9.59 Å². The zero-order valence-corrected chi connectivity index (χ0v) is 18.5. The van der Waals surface area contributed by atoms with Crippen molar-refractivity contribution in [1.82, 2.24) is 9.80 Å². The minimum absolute atomic E-state index is 0.163. The summed E-state index contributed by atoms with van der Waals surface area (Å²) in [7, 11) is 3.99. The lowest BCUT2D eigenvalue weighted by atomic mass is 9.96. The molecule has 2 aromatic rings. The highest BCUT2D eigenvalue weighted by Crippen LogP contribution is 2.37. The fourth-order valence-electron chi connectivity index (χ4n) is 4.60. The Bertz CT molecular complexity index is 1070. The number of carbonyl (C=O) groups excluding carboxylic acids is 2. The molecule has 4 rings (SSSR count). The predicted molar refractivity (Wildman–Crippen MR) is 120 cm³/mol. The molecular weight excluding hydrogens is 393 g/mol. The van der Waals surface area contributed by atoms with Crippen molar-refractivity contribution in [2.24, 2.45) is 0 Å². The van der Waals surface area contributed by atoms with Crippen LogP contribution in [0.3, 0.4) is 0 Å². The number of aryl methyl sites for hydroxylation is 2. The van der Waals surface area contributed by atoms with Gasteiger partial charge in [-0.05, 0) is 76.2 Å². The van der Waals surface area contributed by atoms with Gasteiger partial charge in [0.15, 0.2) is 0 Å². The van der Waals surface area contributed by atoms with Crippen LogP contribution in [0.4, 0.5) is 10.1 Å². The summed E-state index contributed by atoms with van der Waals surface area (Å²) in [5, 5.41) is 0. The number of nitrogens with zero attached hydrogens (tertiary/aromatic N) is 3. The number of hydrogen-bond acceptors (Lipinski definition) is 4. The summed E-state index contributed by atoms with van der Waals surface area (Å²) in [6, 6.07) is 11.7. The van der Waals surface area contributed by atoms with Crippen molar-refractivity contribution in [2.45, 2.75) is 32.7 Å². The Labute approximate surface area is 182 Å². The third-order valence-corrected chi connectivity index (χ3v) is 6.37. The van der Waals surface area contributed by atoms with Crippen LogP contribution in [0, 0.1) is 19.7 Å². The number of halogens is 1. The predicted octanol–water partition coefficient (Wildman–Crippen LogP) is 3.75. The van der Waals surface area contributed by atoms with Crippen molar-refractivity contribution < 1.29 is 14.0 Å². The van der Waals surface area contributed by atoms with Gasteiger partial charge in [0, 0.05) is 13.1 Å². The van der Waals surface area contributed by atoms with E-state index in [1.165, 1.54) is 18.2 Å². The first kappa shape index (κ1) is 21.2. The summed E-state index contributed by atoms with van der Waals surface area (Å²) in [6.45, 7) is 5.83. The van der Waals surface area contributed by atoms with Crippen LogP contribution in [0.5, 0.6) is 0 Å². The first-order valence-electron chi connectivity index (χ1n) is 10.7. The van der Waals surface area contributed by atoms with E-state index >= 15 is 0 Å². The van der Waals surface area contributed by atoms with E-state index in [-0.39, 0.29) is 11.7 Å². The molecule has 0 aliphatic carbocycles. The van der Waals surface area contributed by atoms with Crippen LogP contribution < -0.4 is 4.90 Å². The van der Waals surface area contributed by atoms with Gasteiger partial charge in [-0.15, -0.1) is 0 Å². The van der Waals surface area contributed by atoms with E-state index in [1.54, 1.807) is 6.07 Å². The third-order valence-electron chi connectivity index (χ3n) is 6.37. The normalized spacial score (nSPS) is 18.3. The lowest BCUT2D eigenvalue weighted by Gasteiger charge is -2.36. The highest BCUT2D eigenvalue weighted by molar-refractivity contribution is 6.45. The topological polar surface area (TPSA) is 43.9 Å². The Morgan fingerprint density at radius 2 is 1.71 bits per heavy atom. The molecule has 0 bridgehead atoms. The van der Waals surface area contributed by atoms with Gasteiger partial charge < -0.3 is 9.80 Å². The SMILES string of the molecule is Cc1ccc(C2=C(N(C)C3CCN(C)CC3)C(=O)N(c3cccc(F)c3)C2=O)c(C)c1. The molecule has 2 amide bonds. The van der Waals surface area contributed by atoms with Crippen LogP contribution in [0.25, 0.3) is 5.57 Å². The number of benzene rings is 2. The van der Waals surface area contributed by atoms with Crippen LogP contribution >= 0.6 is 0 Å². The van der Waals surface area contributed by atoms with E-state index in [0.717, 1.165) is 47.5 Å². The number of carbonyl (C=O) groups is 2. The largest absolute Gasteiger partial charge is 0.366 e. The number of likely N-dealkylation sites (N-methyl/N-ethyl adjacent to an activating group) is 1. The molecule has 0 atom stereocenters. The number of rotatable bonds is 4. The van der Waals surface area contributed by atoms with Crippen LogP contribution in [0.15, 0.2) is 48.2 Å². The Morgan fingerprint density at radius 3 is 2.35 bits per heavy atom. The number of amides is 2. The standard InChI is InChI=1S/C25H28FN3O2/c1-16-8-9-21(17(2)14-16)22-23(28(4)19-10-12-27(3)13-11-19)25(31)29(24(22)30)20-7-5-6-18(26)15-20/h5-9,14-15,19H,10-13H2,1-4H3. The quantitative estimate of drug-likeness (QED) is 0.706. The highest BCUT2D eigenvalue weighted by atomic mass is 19.1. The molecule has 1 saturated heterocycles. The van der Waals surface area contributed by atoms with Crippen molar-refractivity contribution in [3.05, 3.63) is 70.7 Å². The summed E-state index contributed by atoms with van der Waals surface area (Å²) in [5.74, 6) is -1.28. The van der Waals surface area contributed by atoms with Gasteiger partial charge in [-0.25, -0.2) is 9.29 Å². The van der Waals surface area contributed by atoms with Gasteiger partial charge in [0.2, 0.25) is 0 Å². The molecule has 0 spiro atoms. The molecule has 0 N–H and O–H groups in total. The molecule has 162 valence electrons. The van der Waals surface area contributed by atoms with Crippen molar-refractivity contribution in [1.29, 1.82) is 0 Å². The van der Waals surface area contributed by atoms with E-state index in [1.807, 2.05) is 44.0 Å². The molecule has 1 fully saturated rings. The molecule has 2 aromatic carbocycles.